The van der Waals surface area contributed by atoms with Crippen LogP contribution in [0.2, 0.25) is 0 Å². The molecule has 0 aromatic carbocycles. The number of nitrogens with one attached hydrogen (secondary N) is 2. The van der Waals surface area contributed by atoms with Crippen molar-refractivity contribution in [3.05, 3.63) is 12.3 Å². The van der Waals surface area contributed by atoms with Crippen molar-refractivity contribution >= 4 is 22.4 Å². The number of ether oxygens (including phenoxy) is 1. The zero-order valence-electron chi connectivity index (χ0n) is 12.3. The number of aryl methyl sites for hydroxylation is 1. The van der Waals surface area contributed by atoms with Gasteiger partial charge in [-0.05, 0) is 32.4 Å². The summed E-state index contributed by atoms with van der Waals surface area (Å²) in [5.41, 5.74) is -0.307. The highest BCUT2D eigenvalue weighted by molar-refractivity contribution is 7.89. The highest BCUT2D eigenvalue weighted by Gasteiger charge is 2.35. The van der Waals surface area contributed by atoms with Crippen LogP contribution in [0.1, 0.15) is 19.8 Å². The molecule has 1 unspecified atom stereocenters. The standard InChI is InChI=1S/C12H22N4O3S.ClH/c1-3-16-11(5-8-14-16)20(17,18)15-9-12(10-19-2)6-4-7-13-12;/h5,8,13,15H,3-4,6-7,9-10H2,1-2H3;1H. The molecule has 21 heavy (non-hydrogen) atoms. The van der Waals surface area contributed by atoms with Gasteiger partial charge in [0, 0.05) is 20.2 Å². The summed E-state index contributed by atoms with van der Waals surface area (Å²) in [7, 11) is -1.92. The normalized spacial score (nSPS) is 22.2. The molecule has 1 fully saturated rings. The monoisotopic (exact) mass is 338 g/mol. The molecule has 0 bridgehead atoms. The lowest BCUT2D eigenvalue weighted by Crippen LogP contribution is -2.53. The van der Waals surface area contributed by atoms with Crippen molar-refractivity contribution in [2.75, 3.05) is 26.8 Å². The second kappa shape index (κ2) is 7.55. The molecule has 9 heteroatoms. The van der Waals surface area contributed by atoms with Crippen molar-refractivity contribution < 1.29 is 13.2 Å². The molecule has 1 aromatic heterocycles. The Morgan fingerprint density at radius 1 is 1.57 bits per heavy atom. The first-order chi connectivity index (χ1) is 9.53. The number of halogens is 1. The summed E-state index contributed by atoms with van der Waals surface area (Å²) in [6.07, 6.45) is 3.42. The highest BCUT2D eigenvalue weighted by Crippen LogP contribution is 2.20. The fourth-order valence-electron chi connectivity index (χ4n) is 2.56. The van der Waals surface area contributed by atoms with Gasteiger partial charge in [-0.3, -0.25) is 4.68 Å². The second-order valence-corrected chi connectivity index (χ2v) is 6.77. The van der Waals surface area contributed by atoms with Gasteiger partial charge in [-0.2, -0.15) is 5.10 Å². The third kappa shape index (κ3) is 4.17. The van der Waals surface area contributed by atoms with E-state index in [1.54, 1.807) is 7.11 Å². The minimum atomic E-state index is -3.55. The molecule has 1 aromatic rings. The number of methoxy groups -OCH3 is 1. The molecule has 7 nitrogen and oxygen atoms in total. The largest absolute Gasteiger partial charge is 0.383 e. The second-order valence-electron chi connectivity index (χ2n) is 5.05. The van der Waals surface area contributed by atoms with Gasteiger partial charge in [-0.1, -0.05) is 0 Å². The Hall–Kier alpha value is -0.670. The van der Waals surface area contributed by atoms with Gasteiger partial charge in [0.25, 0.3) is 10.0 Å². The van der Waals surface area contributed by atoms with Gasteiger partial charge in [-0.15, -0.1) is 12.4 Å². The summed E-state index contributed by atoms with van der Waals surface area (Å²) in [4.78, 5) is 0. The molecule has 2 heterocycles. The van der Waals surface area contributed by atoms with Crippen LogP contribution in [0.3, 0.4) is 0 Å². The van der Waals surface area contributed by atoms with E-state index in [4.69, 9.17) is 4.74 Å². The summed E-state index contributed by atoms with van der Waals surface area (Å²) in [6, 6.07) is 1.51. The van der Waals surface area contributed by atoms with Crippen molar-refractivity contribution in [3.63, 3.8) is 0 Å². The Morgan fingerprint density at radius 3 is 2.90 bits per heavy atom. The van der Waals surface area contributed by atoms with Crippen LogP contribution in [0.4, 0.5) is 0 Å². The van der Waals surface area contributed by atoms with Crippen molar-refractivity contribution in [1.82, 2.24) is 19.8 Å². The molecular weight excluding hydrogens is 316 g/mol. The number of sulfonamides is 1. The number of rotatable bonds is 7. The molecule has 0 amide bonds. The van der Waals surface area contributed by atoms with E-state index in [0.717, 1.165) is 19.4 Å². The van der Waals surface area contributed by atoms with Gasteiger partial charge < -0.3 is 10.1 Å². The molecule has 122 valence electrons. The van der Waals surface area contributed by atoms with Crippen molar-refractivity contribution in [2.24, 2.45) is 0 Å². The minimum absolute atomic E-state index is 0. The van der Waals surface area contributed by atoms with Crippen LogP contribution in [0.15, 0.2) is 17.3 Å². The molecule has 0 aliphatic carbocycles. The molecule has 1 saturated heterocycles. The maximum atomic E-state index is 12.3. The fraction of sp³-hybridized carbons (Fsp3) is 0.750. The van der Waals surface area contributed by atoms with Crippen molar-refractivity contribution in [2.45, 2.75) is 36.9 Å². The zero-order chi connectivity index (χ0) is 14.6. The third-order valence-corrected chi connectivity index (χ3v) is 5.03. The highest BCUT2D eigenvalue weighted by atomic mass is 35.5. The van der Waals surface area contributed by atoms with Gasteiger partial charge in [0.15, 0.2) is 5.03 Å². The van der Waals surface area contributed by atoms with Crippen LogP contribution >= 0.6 is 12.4 Å². The topological polar surface area (TPSA) is 85.2 Å². The van der Waals surface area contributed by atoms with Crippen molar-refractivity contribution in [1.29, 1.82) is 0 Å². The predicted molar refractivity (Wildman–Crippen MR) is 82.2 cm³/mol. The van der Waals surface area contributed by atoms with Crippen LogP contribution < -0.4 is 10.0 Å². The quantitative estimate of drug-likeness (QED) is 0.750. The van der Waals surface area contributed by atoms with Gasteiger partial charge in [0.05, 0.1) is 18.3 Å². The molecule has 2 rings (SSSR count). The Morgan fingerprint density at radius 2 is 2.33 bits per heavy atom. The maximum absolute atomic E-state index is 12.3. The first-order valence-electron chi connectivity index (χ1n) is 6.78. The van der Waals surface area contributed by atoms with Crippen LogP contribution in [-0.4, -0.2) is 50.5 Å². The Kier molecular flexibility index (Phi) is 6.61. The van der Waals surface area contributed by atoms with E-state index in [0.29, 0.717) is 19.7 Å². The van der Waals surface area contributed by atoms with Crippen LogP contribution in [0.25, 0.3) is 0 Å². The lowest BCUT2D eigenvalue weighted by molar-refractivity contribution is 0.122. The average Bonchev–Trinajstić information content (AvgIpc) is 3.06. The van der Waals surface area contributed by atoms with E-state index >= 15 is 0 Å². The molecule has 1 atom stereocenters. The smallest absolute Gasteiger partial charge is 0.257 e. The summed E-state index contributed by atoms with van der Waals surface area (Å²) < 4.78 is 34.0. The van der Waals surface area contributed by atoms with E-state index in [2.05, 4.69) is 15.1 Å². The van der Waals surface area contributed by atoms with E-state index in [1.807, 2.05) is 6.92 Å². The number of hydrogen-bond donors (Lipinski definition) is 2. The minimum Gasteiger partial charge on any atom is -0.383 e. The fourth-order valence-corrected chi connectivity index (χ4v) is 3.87. The first-order valence-corrected chi connectivity index (χ1v) is 8.27. The average molecular weight is 339 g/mol. The summed E-state index contributed by atoms with van der Waals surface area (Å²) in [5.74, 6) is 0. The molecular formula is C12H23ClN4O3S. The van der Waals surface area contributed by atoms with Crippen LogP contribution in [0, 0.1) is 0 Å². The number of aromatic nitrogens is 2. The SMILES string of the molecule is CCn1nccc1S(=O)(=O)NCC1(COC)CCCN1.Cl. The van der Waals surface area contributed by atoms with E-state index < -0.39 is 10.0 Å². The lowest BCUT2D eigenvalue weighted by atomic mass is 9.99. The number of nitrogens with zero attached hydrogens (tertiary/aromatic N) is 2. The van der Waals surface area contributed by atoms with Gasteiger partial charge >= 0.3 is 0 Å². The Bertz CT molecular complexity index is 540. The molecule has 1 aliphatic rings. The maximum Gasteiger partial charge on any atom is 0.257 e. The molecule has 1 aliphatic heterocycles. The Labute approximate surface area is 131 Å². The molecule has 2 N–H and O–H groups in total. The van der Waals surface area contributed by atoms with E-state index in [-0.39, 0.29) is 23.0 Å². The van der Waals surface area contributed by atoms with Crippen LogP contribution in [0.5, 0.6) is 0 Å². The molecule has 0 radical (unpaired) electrons. The van der Waals surface area contributed by atoms with Gasteiger partial charge in [-0.25, -0.2) is 13.1 Å². The zero-order valence-corrected chi connectivity index (χ0v) is 14.0. The Balaban J connectivity index is 0.00000220. The lowest BCUT2D eigenvalue weighted by Gasteiger charge is -2.28. The first kappa shape index (κ1) is 18.4. The third-order valence-electron chi connectivity index (χ3n) is 3.61. The van der Waals surface area contributed by atoms with Gasteiger partial charge in [0.2, 0.25) is 0 Å². The van der Waals surface area contributed by atoms with Crippen molar-refractivity contribution in [3.8, 4) is 0 Å². The van der Waals surface area contributed by atoms with E-state index in [1.165, 1.54) is 16.9 Å². The van der Waals surface area contributed by atoms with E-state index in [9.17, 15) is 8.42 Å². The summed E-state index contributed by atoms with van der Waals surface area (Å²) in [6.45, 7) is 4.07. The van der Waals surface area contributed by atoms with Crippen LogP contribution in [-0.2, 0) is 21.3 Å². The summed E-state index contributed by atoms with van der Waals surface area (Å²) in [5, 5.41) is 7.53. The molecule has 0 spiro atoms. The van der Waals surface area contributed by atoms with Gasteiger partial charge in [0.1, 0.15) is 0 Å². The summed E-state index contributed by atoms with van der Waals surface area (Å²) >= 11 is 0. The number of hydrogen-bond acceptors (Lipinski definition) is 5. The molecule has 0 saturated carbocycles. The predicted octanol–water partition coefficient (Wildman–Crippen LogP) is 0.372.